The van der Waals surface area contributed by atoms with E-state index in [1.165, 1.54) is 22.3 Å². The molecule has 1 saturated heterocycles. The molecule has 208 valence electrons. The van der Waals surface area contributed by atoms with Gasteiger partial charge < -0.3 is 20.1 Å². The number of amides is 2. The third kappa shape index (κ3) is 8.33. The molecule has 2 amide bonds. The van der Waals surface area contributed by atoms with E-state index in [0.717, 1.165) is 5.57 Å². The van der Waals surface area contributed by atoms with Gasteiger partial charge in [0.05, 0.1) is 11.1 Å². The predicted molar refractivity (Wildman–Crippen MR) is 144 cm³/mol. The van der Waals surface area contributed by atoms with Gasteiger partial charge in [0.1, 0.15) is 24.0 Å². The Labute approximate surface area is 227 Å². The molecule has 2 N–H and O–H groups in total. The van der Waals surface area contributed by atoms with Gasteiger partial charge in [0.25, 0.3) is 5.91 Å². The van der Waals surface area contributed by atoms with Crippen LogP contribution in [-0.2, 0) is 20.7 Å². The lowest BCUT2D eigenvalue weighted by Crippen LogP contribution is -2.44. The third-order valence-electron chi connectivity index (χ3n) is 6.66. The third-order valence-corrected chi connectivity index (χ3v) is 7.53. The van der Waals surface area contributed by atoms with Gasteiger partial charge in [-0.2, -0.15) is 0 Å². The van der Waals surface area contributed by atoms with E-state index in [2.05, 4.69) is 10.3 Å². The topological polar surface area (TPSA) is 109 Å². The molecular weight excluding hydrogens is 509 g/mol. The summed E-state index contributed by atoms with van der Waals surface area (Å²) < 4.78 is 20.6. The molecule has 2 bridgehead atoms. The average molecular weight is 548 g/mol. The van der Waals surface area contributed by atoms with E-state index in [1.807, 2.05) is 20.8 Å². The number of allylic oxidation sites excluding steroid dienone is 2. The number of thiazole rings is 1. The van der Waals surface area contributed by atoms with Crippen molar-refractivity contribution in [3.05, 3.63) is 52.0 Å². The van der Waals surface area contributed by atoms with Crippen LogP contribution in [0.1, 0.15) is 62.5 Å². The largest absolute Gasteiger partial charge is 0.460 e. The van der Waals surface area contributed by atoms with Gasteiger partial charge in [-0.05, 0) is 31.8 Å². The monoisotopic (exact) mass is 547 g/mol. The Kier molecular flexibility index (Phi) is 10.8. The van der Waals surface area contributed by atoms with Crippen LogP contribution in [0.5, 0.6) is 0 Å². The van der Waals surface area contributed by atoms with E-state index >= 15 is 0 Å². The highest BCUT2D eigenvalue weighted by atomic mass is 32.1. The quantitative estimate of drug-likeness (QED) is 0.518. The number of aliphatic hydroxyl groups excluding tert-OH is 1. The fraction of sp³-hybridized carbons (Fsp3) is 0.571. The number of carbonyl (C=O) groups is 3. The number of fused-ring (bicyclic) bond motifs is 3. The van der Waals surface area contributed by atoms with Gasteiger partial charge in [0, 0.05) is 37.2 Å². The van der Waals surface area contributed by atoms with Crippen molar-refractivity contribution in [2.75, 3.05) is 13.1 Å². The molecule has 0 aliphatic carbocycles. The maximum Gasteiger partial charge on any atom is 0.329 e. The molecule has 0 spiro atoms. The molecule has 0 aromatic carbocycles. The molecule has 3 rings (SSSR count). The van der Waals surface area contributed by atoms with E-state index in [4.69, 9.17) is 4.74 Å². The minimum Gasteiger partial charge on any atom is -0.460 e. The number of rotatable bonds is 1. The lowest BCUT2D eigenvalue weighted by Gasteiger charge is -2.29. The van der Waals surface area contributed by atoms with Gasteiger partial charge in [0.15, 0.2) is 0 Å². The van der Waals surface area contributed by atoms with Gasteiger partial charge in [-0.25, -0.2) is 14.2 Å². The summed E-state index contributed by atoms with van der Waals surface area (Å²) in [5.74, 6) is -1.38. The van der Waals surface area contributed by atoms with Gasteiger partial charge >= 0.3 is 5.97 Å². The number of ether oxygens (including phenoxy) is 1. The number of esters is 1. The van der Waals surface area contributed by atoms with Gasteiger partial charge in [-0.1, -0.05) is 50.6 Å². The first-order valence-corrected chi connectivity index (χ1v) is 14.0. The number of nitrogens with zero attached hydrogens (tertiary/aromatic N) is 2. The maximum atomic E-state index is 14.7. The predicted octanol–water partition coefficient (Wildman–Crippen LogP) is 3.77. The first-order chi connectivity index (χ1) is 18.0. The number of alkyl halides is 1. The molecular formula is C28H38FN3O5S. The van der Waals surface area contributed by atoms with Crippen molar-refractivity contribution < 1.29 is 28.6 Å². The standard InChI is InChI=1S/C28H38FN3O5S/c1-17(2)26-19(4)9-10-24(34)30-11-5-7-18(3)13-21(33)14-20(29)15-25-31-22(16-38-25)27(35)32-12-6-8-23(32)28(36)37-26/h5,7,9-10,13,16-17,19-21,23,26,33H,6,8,11-12,14-15H2,1-4H3,(H,30,34)/b7-5+,10-9+,18-13+/t19-,20-,21-,23-,26-/m1/s1. The Morgan fingerprint density at radius 1 is 1.26 bits per heavy atom. The van der Waals surface area contributed by atoms with Crippen LogP contribution in [0.4, 0.5) is 4.39 Å². The van der Waals surface area contributed by atoms with Crippen molar-refractivity contribution in [2.24, 2.45) is 11.8 Å². The summed E-state index contributed by atoms with van der Waals surface area (Å²) in [5.41, 5.74) is 0.921. The van der Waals surface area contributed by atoms with E-state index in [9.17, 15) is 23.9 Å². The van der Waals surface area contributed by atoms with Crippen LogP contribution in [0.15, 0.2) is 41.3 Å². The molecule has 1 aromatic rings. The molecule has 38 heavy (non-hydrogen) atoms. The fourth-order valence-corrected chi connectivity index (χ4v) is 5.57. The van der Waals surface area contributed by atoms with Crippen LogP contribution >= 0.6 is 11.3 Å². The van der Waals surface area contributed by atoms with Crippen LogP contribution in [0.3, 0.4) is 0 Å². The van der Waals surface area contributed by atoms with E-state index in [0.29, 0.717) is 24.4 Å². The van der Waals surface area contributed by atoms with Crippen LogP contribution < -0.4 is 5.32 Å². The summed E-state index contributed by atoms with van der Waals surface area (Å²) in [6.07, 6.45) is 6.43. The zero-order valence-electron chi connectivity index (χ0n) is 22.4. The second kappa shape index (κ2) is 13.8. The second-order valence-corrected chi connectivity index (χ2v) is 11.3. The molecule has 1 aromatic heterocycles. The Hall–Kier alpha value is -2.85. The number of halogens is 1. The molecule has 5 atom stereocenters. The maximum absolute atomic E-state index is 14.7. The summed E-state index contributed by atoms with van der Waals surface area (Å²) in [4.78, 5) is 44.5. The Morgan fingerprint density at radius 2 is 2.03 bits per heavy atom. The number of cyclic esters (lactones) is 1. The molecule has 10 heteroatoms. The summed E-state index contributed by atoms with van der Waals surface area (Å²) in [6, 6.07) is -0.721. The van der Waals surface area contributed by atoms with E-state index < -0.39 is 30.4 Å². The summed E-state index contributed by atoms with van der Waals surface area (Å²) >= 11 is 1.19. The van der Waals surface area contributed by atoms with E-state index in [-0.39, 0.29) is 48.7 Å². The lowest BCUT2D eigenvalue weighted by atomic mass is 9.94. The zero-order valence-corrected chi connectivity index (χ0v) is 23.2. The van der Waals surface area contributed by atoms with Crippen LogP contribution in [0, 0.1) is 11.8 Å². The first kappa shape index (κ1) is 29.7. The molecule has 0 saturated carbocycles. The minimum atomic E-state index is -1.34. The van der Waals surface area contributed by atoms with Crippen LogP contribution in [0.25, 0.3) is 0 Å². The van der Waals surface area contributed by atoms with Gasteiger partial charge in [0.2, 0.25) is 5.91 Å². The van der Waals surface area contributed by atoms with Crippen molar-refractivity contribution in [3.8, 4) is 0 Å². The van der Waals surface area contributed by atoms with Gasteiger partial charge in [-0.15, -0.1) is 11.3 Å². The smallest absolute Gasteiger partial charge is 0.329 e. The highest BCUT2D eigenvalue weighted by Crippen LogP contribution is 2.26. The fourth-order valence-electron chi connectivity index (χ4n) is 4.74. The van der Waals surface area contributed by atoms with Gasteiger partial charge in [-0.3, -0.25) is 9.59 Å². The zero-order chi connectivity index (χ0) is 27.8. The van der Waals surface area contributed by atoms with Crippen molar-refractivity contribution >= 4 is 29.1 Å². The van der Waals surface area contributed by atoms with Crippen molar-refractivity contribution in [3.63, 3.8) is 0 Å². The number of aliphatic hydroxyl groups is 1. The molecule has 2 aliphatic rings. The first-order valence-electron chi connectivity index (χ1n) is 13.1. The number of aromatic nitrogens is 1. The van der Waals surface area contributed by atoms with Crippen molar-refractivity contribution in [2.45, 2.75) is 77.8 Å². The Bertz CT molecular complexity index is 1080. The normalized spacial score (nSPS) is 31.7. The molecule has 0 radical (unpaired) electrons. The number of hydrogen-bond donors (Lipinski definition) is 2. The summed E-state index contributed by atoms with van der Waals surface area (Å²) in [7, 11) is 0. The molecule has 1 fully saturated rings. The SMILES string of the molecule is CC1=C\[C@@H](O)C[C@@H](F)Cc2nc(cs2)C(=O)N2CCC[C@@H]2C(=O)O[C@H](C(C)C)[C@H](C)/C=C/C(=O)NC\C=C\1. The second-order valence-electron chi connectivity index (χ2n) is 10.3. The van der Waals surface area contributed by atoms with E-state index in [1.54, 1.807) is 36.6 Å². The van der Waals surface area contributed by atoms with Crippen molar-refractivity contribution in [1.82, 2.24) is 15.2 Å². The number of hydrogen-bond acceptors (Lipinski definition) is 7. The molecule has 3 heterocycles. The average Bonchev–Trinajstić information content (AvgIpc) is 3.52. The molecule has 8 nitrogen and oxygen atoms in total. The number of nitrogens with one attached hydrogen (secondary N) is 1. The van der Waals surface area contributed by atoms with Crippen LogP contribution in [0.2, 0.25) is 0 Å². The summed E-state index contributed by atoms with van der Waals surface area (Å²) in [6.45, 7) is 8.25. The molecule has 2 aliphatic heterocycles. The highest BCUT2D eigenvalue weighted by Gasteiger charge is 2.38. The van der Waals surface area contributed by atoms with Crippen molar-refractivity contribution in [1.29, 1.82) is 0 Å². The molecule has 0 unspecified atom stereocenters. The van der Waals surface area contributed by atoms with Crippen LogP contribution in [-0.4, -0.2) is 70.3 Å². The highest BCUT2D eigenvalue weighted by molar-refractivity contribution is 7.09. The Balaban J connectivity index is 1.85. The minimum absolute atomic E-state index is 0.00974. The lowest BCUT2D eigenvalue weighted by molar-refractivity contribution is -0.158. The number of carbonyl (C=O) groups excluding carboxylic acids is 3. The summed E-state index contributed by atoms with van der Waals surface area (Å²) in [5, 5.41) is 15.1. The Morgan fingerprint density at radius 3 is 2.76 bits per heavy atom.